The van der Waals surface area contributed by atoms with Gasteiger partial charge in [-0.2, -0.15) is 0 Å². The van der Waals surface area contributed by atoms with E-state index in [0.717, 1.165) is 11.1 Å². The summed E-state index contributed by atoms with van der Waals surface area (Å²) in [5, 5.41) is 0.311. The molecule has 0 unspecified atom stereocenters. The summed E-state index contributed by atoms with van der Waals surface area (Å²) in [5.74, 6) is 0.498. The first-order chi connectivity index (χ1) is 16.9. The molecule has 0 saturated carbocycles. The van der Waals surface area contributed by atoms with Crippen molar-refractivity contribution in [2.75, 3.05) is 20.8 Å². The number of aryl methyl sites for hydroxylation is 1. The van der Waals surface area contributed by atoms with Crippen LogP contribution in [0.3, 0.4) is 0 Å². The Kier molecular flexibility index (Phi) is 7.06. The van der Waals surface area contributed by atoms with E-state index in [1.54, 1.807) is 43.3 Å². The van der Waals surface area contributed by atoms with Gasteiger partial charge in [-0.25, -0.2) is 4.79 Å². The van der Waals surface area contributed by atoms with Crippen LogP contribution in [0.4, 0.5) is 0 Å². The van der Waals surface area contributed by atoms with Crippen LogP contribution in [0.25, 0.3) is 22.1 Å². The molecule has 0 aliphatic rings. The molecule has 0 aliphatic carbocycles. The van der Waals surface area contributed by atoms with E-state index < -0.39 is 5.97 Å². The van der Waals surface area contributed by atoms with Crippen molar-refractivity contribution >= 4 is 16.9 Å². The van der Waals surface area contributed by atoms with Gasteiger partial charge in [0.25, 0.3) is 0 Å². The lowest BCUT2D eigenvalue weighted by Gasteiger charge is -2.13. The van der Waals surface area contributed by atoms with Gasteiger partial charge < -0.3 is 23.4 Å². The van der Waals surface area contributed by atoms with Gasteiger partial charge in [-0.1, -0.05) is 35.9 Å². The number of fused-ring (bicyclic) bond motifs is 1. The van der Waals surface area contributed by atoms with Crippen LogP contribution in [0, 0.1) is 6.92 Å². The molecule has 7 heteroatoms. The third kappa shape index (κ3) is 4.99. The molecule has 7 nitrogen and oxygen atoms in total. The Bertz CT molecular complexity index is 1420. The molecule has 0 saturated heterocycles. The molecule has 0 spiro atoms. The normalized spacial score (nSPS) is 10.7. The van der Waals surface area contributed by atoms with E-state index in [4.69, 9.17) is 23.4 Å². The summed E-state index contributed by atoms with van der Waals surface area (Å²) in [6.45, 7) is 4.19. The van der Waals surface area contributed by atoms with Crippen molar-refractivity contribution in [3.63, 3.8) is 0 Å². The Morgan fingerprint density at radius 1 is 0.914 bits per heavy atom. The van der Waals surface area contributed by atoms with Crippen LogP contribution < -0.4 is 19.6 Å². The van der Waals surface area contributed by atoms with Crippen molar-refractivity contribution in [2.24, 2.45) is 0 Å². The first kappa shape index (κ1) is 23.9. The number of carbonyl (C=O) groups is 1. The molecular formula is C28H26O7. The van der Waals surface area contributed by atoms with Gasteiger partial charge in [-0.3, -0.25) is 4.79 Å². The minimum Gasteiger partial charge on any atom is -0.493 e. The molecule has 180 valence electrons. The number of carbonyl (C=O) groups excluding carboxylic acids is 1. The molecule has 0 bridgehead atoms. The molecule has 4 rings (SSSR count). The largest absolute Gasteiger partial charge is 0.493 e. The smallest absolute Gasteiger partial charge is 0.375 e. The van der Waals surface area contributed by atoms with Crippen molar-refractivity contribution in [2.45, 2.75) is 20.5 Å². The Morgan fingerprint density at radius 2 is 1.66 bits per heavy atom. The monoisotopic (exact) mass is 474 g/mol. The topological polar surface area (TPSA) is 84.2 Å². The SMILES string of the molecule is CCOC(=O)c1oc2cc(OCc3ccc(C)cc3)ccc2c(=O)c1-c1ccc(OC)c(OC)c1. The third-order valence-electron chi connectivity index (χ3n) is 5.52. The fraction of sp³-hybridized carbons (Fsp3) is 0.214. The first-order valence-corrected chi connectivity index (χ1v) is 11.1. The van der Waals surface area contributed by atoms with Crippen LogP contribution in [-0.4, -0.2) is 26.8 Å². The molecule has 0 fully saturated rings. The summed E-state index contributed by atoms with van der Waals surface area (Å²) in [7, 11) is 3.01. The summed E-state index contributed by atoms with van der Waals surface area (Å²) >= 11 is 0. The number of rotatable bonds is 8. The molecular weight excluding hydrogens is 448 g/mol. The molecule has 0 N–H and O–H groups in total. The van der Waals surface area contributed by atoms with Gasteiger partial charge in [-0.05, 0) is 49.2 Å². The Balaban J connectivity index is 1.79. The van der Waals surface area contributed by atoms with Gasteiger partial charge in [0.15, 0.2) is 11.5 Å². The fourth-order valence-electron chi connectivity index (χ4n) is 3.71. The second-order valence-corrected chi connectivity index (χ2v) is 7.86. The van der Waals surface area contributed by atoms with Crippen LogP contribution in [0.2, 0.25) is 0 Å². The van der Waals surface area contributed by atoms with Gasteiger partial charge >= 0.3 is 5.97 Å². The van der Waals surface area contributed by atoms with Gasteiger partial charge in [0, 0.05) is 6.07 Å². The standard InChI is InChI=1S/C28H26O7/c1-5-33-28(30)27-25(19-10-13-22(31-3)24(14-19)32-4)26(29)21-12-11-20(15-23(21)35-27)34-16-18-8-6-17(2)7-9-18/h6-15H,5,16H2,1-4H3. The molecule has 35 heavy (non-hydrogen) atoms. The molecule has 0 aliphatic heterocycles. The molecule has 1 heterocycles. The van der Waals surface area contributed by atoms with E-state index in [9.17, 15) is 9.59 Å². The Labute approximate surface area is 202 Å². The zero-order valence-electron chi connectivity index (χ0n) is 20.0. The predicted octanol–water partition coefficient (Wildman–Crippen LogP) is 5.54. The summed E-state index contributed by atoms with van der Waals surface area (Å²) in [5.41, 5.74) is 2.56. The lowest BCUT2D eigenvalue weighted by atomic mass is 10.0. The molecule has 3 aromatic carbocycles. The second kappa shape index (κ2) is 10.3. The maximum atomic E-state index is 13.6. The van der Waals surface area contributed by atoms with Crippen molar-refractivity contribution in [3.8, 4) is 28.4 Å². The van der Waals surface area contributed by atoms with Crippen LogP contribution in [-0.2, 0) is 11.3 Å². The summed E-state index contributed by atoms with van der Waals surface area (Å²) in [6, 6.07) is 17.9. The van der Waals surface area contributed by atoms with E-state index in [-0.39, 0.29) is 28.9 Å². The van der Waals surface area contributed by atoms with Crippen molar-refractivity contribution in [3.05, 3.63) is 87.8 Å². The molecule has 0 atom stereocenters. The Morgan fingerprint density at radius 3 is 2.34 bits per heavy atom. The predicted molar refractivity (Wildman–Crippen MR) is 132 cm³/mol. The number of benzene rings is 3. The minimum atomic E-state index is -0.734. The van der Waals surface area contributed by atoms with Gasteiger partial charge in [0.1, 0.15) is 17.9 Å². The van der Waals surface area contributed by atoms with Gasteiger partial charge in [-0.15, -0.1) is 0 Å². The highest BCUT2D eigenvalue weighted by atomic mass is 16.5. The average Bonchev–Trinajstić information content (AvgIpc) is 2.87. The summed E-state index contributed by atoms with van der Waals surface area (Å²) in [4.78, 5) is 26.3. The number of esters is 1. The van der Waals surface area contributed by atoms with E-state index in [1.807, 2.05) is 31.2 Å². The lowest BCUT2D eigenvalue weighted by molar-refractivity contribution is 0.0492. The first-order valence-electron chi connectivity index (χ1n) is 11.1. The summed E-state index contributed by atoms with van der Waals surface area (Å²) in [6.07, 6.45) is 0. The Hall–Kier alpha value is -4.26. The van der Waals surface area contributed by atoms with Crippen LogP contribution in [0.15, 0.2) is 69.9 Å². The van der Waals surface area contributed by atoms with Crippen molar-refractivity contribution in [1.29, 1.82) is 0 Å². The summed E-state index contributed by atoms with van der Waals surface area (Å²) < 4.78 is 27.7. The molecule has 0 radical (unpaired) electrons. The highest BCUT2D eigenvalue weighted by Gasteiger charge is 2.24. The number of methoxy groups -OCH3 is 2. The van der Waals surface area contributed by atoms with E-state index in [1.165, 1.54) is 14.2 Å². The van der Waals surface area contributed by atoms with Crippen LogP contribution in [0.1, 0.15) is 28.6 Å². The quantitative estimate of drug-likeness (QED) is 0.310. The lowest BCUT2D eigenvalue weighted by Crippen LogP contribution is -2.15. The third-order valence-corrected chi connectivity index (χ3v) is 5.52. The van der Waals surface area contributed by atoms with Crippen molar-refractivity contribution < 1.29 is 28.2 Å². The zero-order valence-corrected chi connectivity index (χ0v) is 20.0. The highest BCUT2D eigenvalue weighted by molar-refractivity contribution is 5.98. The molecule has 4 aromatic rings. The van der Waals surface area contributed by atoms with E-state index >= 15 is 0 Å². The van der Waals surface area contributed by atoms with E-state index in [2.05, 4.69) is 0 Å². The average molecular weight is 475 g/mol. The van der Waals surface area contributed by atoms with Gasteiger partial charge in [0.05, 0.1) is 31.8 Å². The van der Waals surface area contributed by atoms with E-state index in [0.29, 0.717) is 34.8 Å². The molecule has 0 amide bonds. The van der Waals surface area contributed by atoms with Gasteiger partial charge in [0.2, 0.25) is 11.2 Å². The molecule has 1 aromatic heterocycles. The fourth-order valence-corrected chi connectivity index (χ4v) is 3.71. The second-order valence-electron chi connectivity index (χ2n) is 7.86. The van der Waals surface area contributed by atoms with Crippen LogP contribution >= 0.6 is 0 Å². The number of hydrogen-bond acceptors (Lipinski definition) is 7. The maximum Gasteiger partial charge on any atom is 0.375 e. The maximum absolute atomic E-state index is 13.6. The van der Waals surface area contributed by atoms with Crippen molar-refractivity contribution in [1.82, 2.24) is 0 Å². The number of ether oxygens (including phenoxy) is 4. The highest BCUT2D eigenvalue weighted by Crippen LogP contribution is 2.34. The van der Waals surface area contributed by atoms with Crippen LogP contribution in [0.5, 0.6) is 17.2 Å². The number of hydrogen-bond donors (Lipinski definition) is 0. The zero-order chi connectivity index (χ0) is 24.9. The minimum absolute atomic E-state index is 0.0882.